The van der Waals surface area contributed by atoms with Gasteiger partial charge in [0.15, 0.2) is 11.5 Å². The lowest BCUT2D eigenvalue weighted by atomic mass is 10.3. The Labute approximate surface area is 126 Å². The van der Waals surface area contributed by atoms with E-state index in [1.54, 1.807) is 25.3 Å². The first-order valence-electron chi connectivity index (χ1n) is 6.14. The Balaban J connectivity index is 1.82. The minimum absolute atomic E-state index is 0.427. The fraction of sp³-hybridized carbons (Fsp3) is 0.200. The molecule has 0 aromatic heterocycles. The maximum Gasteiger partial charge on any atom is 0.162 e. The van der Waals surface area contributed by atoms with Gasteiger partial charge in [0.25, 0.3) is 0 Å². The molecule has 0 heterocycles. The van der Waals surface area contributed by atoms with Crippen LogP contribution in [0.4, 0.5) is 5.69 Å². The molecule has 0 saturated heterocycles. The van der Waals surface area contributed by atoms with E-state index in [9.17, 15) is 0 Å². The Morgan fingerprint density at radius 3 is 2.35 bits per heavy atom. The molecule has 0 radical (unpaired) electrons. The molecule has 0 saturated carbocycles. The van der Waals surface area contributed by atoms with Crippen molar-refractivity contribution >= 4 is 21.6 Å². The van der Waals surface area contributed by atoms with Crippen LogP contribution in [0.2, 0.25) is 0 Å². The summed E-state index contributed by atoms with van der Waals surface area (Å²) in [5.74, 6) is 2.08. The summed E-state index contributed by atoms with van der Waals surface area (Å²) < 4.78 is 17.4. The number of anilines is 1. The van der Waals surface area contributed by atoms with Crippen LogP contribution in [0.5, 0.6) is 17.2 Å². The van der Waals surface area contributed by atoms with Crippen LogP contribution in [0.15, 0.2) is 46.9 Å². The number of hydrogen-bond donors (Lipinski definition) is 1. The molecule has 5 heteroatoms. The fourth-order valence-corrected chi connectivity index (χ4v) is 1.91. The average Bonchev–Trinajstić information content (AvgIpc) is 2.46. The lowest BCUT2D eigenvalue weighted by Crippen LogP contribution is -2.09. The number of rotatable bonds is 6. The second-order valence-electron chi connectivity index (χ2n) is 4.06. The van der Waals surface area contributed by atoms with Gasteiger partial charge in [-0.15, -0.1) is 0 Å². The minimum Gasteiger partial charge on any atom is -0.493 e. The van der Waals surface area contributed by atoms with E-state index in [0.717, 1.165) is 10.2 Å². The Bertz CT molecular complexity index is 558. The molecule has 0 fully saturated rings. The van der Waals surface area contributed by atoms with Crippen molar-refractivity contribution in [2.24, 2.45) is 0 Å². The smallest absolute Gasteiger partial charge is 0.162 e. The first-order valence-corrected chi connectivity index (χ1v) is 6.93. The highest BCUT2D eigenvalue weighted by atomic mass is 79.9. The monoisotopic (exact) mass is 337 g/mol. The highest BCUT2D eigenvalue weighted by molar-refractivity contribution is 9.10. The Kier molecular flexibility index (Phi) is 5.12. The van der Waals surface area contributed by atoms with Crippen LogP contribution >= 0.6 is 15.9 Å². The molecule has 20 heavy (non-hydrogen) atoms. The number of ether oxygens (including phenoxy) is 3. The number of hydrogen-bond acceptors (Lipinski definition) is 4. The van der Waals surface area contributed by atoms with E-state index in [4.69, 9.17) is 19.9 Å². The predicted octanol–water partition coefficient (Wildman–Crippen LogP) is 3.50. The predicted molar refractivity (Wildman–Crippen MR) is 82.5 cm³/mol. The molecule has 2 N–H and O–H groups in total. The summed E-state index contributed by atoms with van der Waals surface area (Å²) in [6, 6.07) is 12.9. The molecule has 4 nitrogen and oxygen atoms in total. The summed E-state index contributed by atoms with van der Waals surface area (Å²) in [5, 5.41) is 0. The third-order valence-electron chi connectivity index (χ3n) is 2.61. The van der Waals surface area contributed by atoms with E-state index in [2.05, 4.69) is 15.9 Å². The molecule has 0 spiro atoms. The van der Waals surface area contributed by atoms with Crippen molar-refractivity contribution in [3.8, 4) is 17.2 Å². The summed E-state index contributed by atoms with van der Waals surface area (Å²) in [7, 11) is 1.58. The van der Waals surface area contributed by atoms with Crippen molar-refractivity contribution in [2.75, 3.05) is 26.1 Å². The number of nitrogens with two attached hydrogens (primary N) is 1. The molecular weight excluding hydrogens is 322 g/mol. The summed E-state index contributed by atoms with van der Waals surface area (Å²) in [6.07, 6.45) is 0. The quantitative estimate of drug-likeness (QED) is 0.647. The molecule has 0 bridgehead atoms. The van der Waals surface area contributed by atoms with Crippen molar-refractivity contribution in [1.29, 1.82) is 0 Å². The molecule has 0 unspecified atom stereocenters. The van der Waals surface area contributed by atoms with Gasteiger partial charge in [0, 0.05) is 16.2 Å². The van der Waals surface area contributed by atoms with E-state index in [-0.39, 0.29) is 0 Å². The highest BCUT2D eigenvalue weighted by Crippen LogP contribution is 2.28. The summed E-state index contributed by atoms with van der Waals surface area (Å²) in [6.45, 7) is 0.880. The third-order valence-corrected chi connectivity index (χ3v) is 3.14. The molecule has 0 aliphatic carbocycles. The van der Waals surface area contributed by atoms with Gasteiger partial charge in [0.1, 0.15) is 19.0 Å². The number of halogens is 1. The molecular formula is C15H16BrNO3. The maximum absolute atomic E-state index is 5.68. The number of methoxy groups -OCH3 is 1. The summed E-state index contributed by atoms with van der Waals surface area (Å²) in [5.41, 5.74) is 6.32. The minimum atomic E-state index is 0.427. The van der Waals surface area contributed by atoms with Gasteiger partial charge in [-0.2, -0.15) is 0 Å². The van der Waals surface area contributed by atoms with Gasteiger partial charge in [-0.3, -0.25) is 0 Å². The van der Waals surface area contributed by atoms with E-state index >= 15 is 0 Å². The second kappa shape index (κ2) is 7.05. The first kappa shape index (κ1) is 14.5. The van der Waals surface area contributed by atoms with Crippen LogP contribution < -0.4 is 19.9 Å². The maximum atomic E-state index is 5.68. The largest absolute Gasteiger partial charge is 0.493 e. The molecule has 2 rings (SSSR count). The summed E-state index contributed by atoms with van der Waals surface area (Å²) >= 11 is 3.38. The van der Waals surface area contributed by atoms with Crippen molar-refractivity contribution in [3.05, 3.63) is 46.9 Å². The fourth-order valence-electron chi connectivity index (χ4n) is 1.65. The Morgan fingerprint density at radius 2 is 1.65 bits per heavy atom. The van der Waals surface area contributed by atoms with E-state index in [1.807, 2.05) is 24.3 Å². The molecule has 106 valence electrons. The molecule has 2 aromatic rings. The number of benzene rings is 2. The Morgan fingerprint density at radius 1 is 0.950 bits per heavy atom. The van der Waals surface area contributed by atoms with Gasteiger partial charge in [-0.05, 0) is 36.4 Å². The summed E-state index contributed by atoms with van der Waals surface area (Å²) in [4.78, 5) is 0. The van der Waals surface area contributed by atoms with Gasteiger partial charge in [0.2, 0.25) is 0 Å². The van der Waals surface area contributed by atoms with E-state index < -0.39 is 0 Å². The van der Waals surface area contributed by atoms with Crippen LogP contribution in [-0.4, -0.2) is 20.3 Å². The molecule has 0 atom stereocenters. The van der Waals surface area contributed by atoms with Crippen LogP contribution in [0.3, 0.4) is 0 Å². The molecule has 0 amide bonds. The zero-order valence-electron chi connectivity index (χ0n) is 11.1. The lowest BCUT2D eigenvalue weighted by Gasteiger charge is -2.12. The van der Waals surface area contributed by atoms with E-state index in [0.29, 0.717) is 30.4 Å². The third kappa shape index (κ3) is 4.06. The van der Waals surface area contributed by atoms with Crippen molar-refractivity contribution in [3.63, 3.8) is 0 Å². The van der Waals surface area contributed by atoms with Gasteiger partial charge >= 0.3 is 0 Å². The van der Waals surface area contributed by atoms with Crippen LogP contribution in [0.1, 0.15) is 0 Å². The topological polar surface area (TPSA) is 53.7 Å². The first-order chi connectivity index (χ1) is 9.69. The zero-order valence-corrected chi connectivity index (χ0v) is 12.7. The van der Waals surface area contributed by atoms with Gasteiger partial charge in [-0.1, -0.05) is 15.9 Å². The van der Waals surface area contributed by atoms with Gasteiger partial charge in [0.05, 0.1) is 7.11 Å². The second-order valence-corrected chi connectivity index (χ2v) is 4.98. The standard InChI is InChI=1S/C15H16BrNO3/c1-18-15-10-12(17)4-7-14(15)20-9-8-19-13-5-2-11(16)3-6-13/h2-7,10H,8-9,17H2,1H3. The van der Waals surface area contributed by atoms with Gasteiger partial charge in [-0.25, -0.2) is 0 Å². The van der Waals surface area contributed by atoms with Gasteiger partial charge < -0.3 is 19.9 Å². The van der Waals surface area contributed by atoms with Crippen LogP contribution in [0.25, 0.3) is 0 Å². The highest BCUT2D eigenvalue weighted by Gasteiger charge is 2.04. The van der Waals surface area contributed by atoms with Crippen molar-refractivity contribution < 1.29 is 14.2 Å². The lowest BCUT2D eigenvalue weighted by molar-refractivity contribution is 0.211. The zero-order chi connectivity index (χ0) is 14.4. The number of nitrogen functional groups attached to an aromatic ring is 1. The van der Waals surface area contributed by atoms with Crippen LogP contribution in [-0.2, 0) is 0 Å². The average molecular weight is 338 g/mol. The van der Waals surface area contributed by atoms with Crippen molar-refractivity contribution in [1.82, 2.24) is 0 Å². The molecule has 0 aliphatic heterocycles. The normalized spacial score (nSPS) is 10.1. The SMILES string of the molecule is COc1cc(N)ccc1OCCOc1ccc(Br)cc1. The van der Waals surface area contributed by atoms with E-state index in [1.165, 1.54) is 0 Å². The van der Waals surface area contributed by atoms with Crippen LogP contribution in [0, 0.1) is 0 Å². The molecule has 2 aromatic carbocycles. The Hall–Kier alpha value is -1.88. The molecule has 0 aliphatic rings. The van der Waals surface area contributed by atoms with Crippen molar-refractivity contribution in [2.45, 2.75) is 0 Å².